The Hall–Kier alpha value is -1.59. The number of piperazine rings is 1. The quantitative estimate of drug-likeness (QED) is 0.818. The van der Waals surface area contributed by atoms with Crippen molar-refractivity contribution >= 4 is 11.7 Å². The lowest BCUT2D eigenvalue weighted by Gasteiger charge is -2.38. The van der Waals surface area contributed by atoms with E-state index in [0.29, 0.717) is 6.54 Å². The molecule has 5 heteroatoms. The molecule has 1 aromatic rings. The van der Waals surface area contributed by atoms with Crippen molar-refractivity contribution in [1.82, 2.24) is 4.90 Å². The van der Waals surface area contributed by atoms with E-state index >= 15 is 0 Å². The van der Waals surface area contributed by atoms with Crippen LogP contribution in [0.15, 0.2) is 24.3 Å². The van der Waals surface area contributed by atoms with Crippen molar-refractivity contribution in [2.45, 2.75) is 13.0 Å². The molecule has 0 saturated carbocycles. The molecule has 0 aliphatic carbocycles. The molecule has 1 unspecified atom stereocenters. The molecule has 0 bridgehead atoms. The molecule has 5 nitrogen and oxygen atoms in total. The molecule has 1 saturated heterocycles. The summed E-state index contributed by atoms with van der Waals surface area (Å²) in [5.41, 5.74) is 8.20. The standard InChI is InChI=1S/C15H23N3O2/c1-12-4-3-5-13(10-12)17-6-8-18(9-7-17)14(11-16)15(19)20-2/h3-5,10,14H,6-9,11,16H2,1-2H3. The second kappa shape index (κ2) is 6.72. The number of hydrogen-bond donors (Lipinski definition) is 1. The first-order valence-corrected chi connectivity index (χ1v) is 6.99. The van der Waals surface area contributed by atoms with Gasteiger partial charge in [0, 0.05) is 38.4 Å². The van der Waals surface area contributed by atoms with E-state index in [1.54, 1.807) is 0 Å². The first kappa shape index (κ1) is 14.8. The molecule has 1 aliphatic rings. The van der Waals surface area contributed by atoms with Crippen LogP contribution in [0.4, 0.5) is 5.69 Å². The minimum Gasteiger partial charge on any atom is -0.468 e. The number of hydrogen-bond acceptors (Lipinski definition) is 5. The Labute approximate surface area is 120 Å². The van der Waals surface area contributed by atoms with E-state index in [0.717, 1.165) is 26.2 Å². The van der Waals surface area contributed by atoms with Gasteiger partial charge in [-0.2, -0.15) is 0 Å². The number of benzene rings is 1. The summed E-state index contributed by atoms with van der Waals surface area (Å²) in [7, 11) is 1.41. The van der Waals surface area contributed by atoms with Crippen LogP contribution in [-0.4, -0.2) is 56.7 Å². The van der Waals surface area contributed by atoms with Gasteiger partial charge in [-0.25, -0.2) is 0 Å². The van der Waals surface area contributed by atoms with Gasteiger partial charge in [0.05, 0.1) is 7.11 Å². The van der Waals surface area contributed by atoms with Crippen molar-refractivity contribution in [1.29, 1.82) is 0 Å². The molecule has 1 aliphatic heterocycles. The van der Waals surface area contributed by atoms with Gasteiger partial charge in [0.15, 0.2) is 0 Å². The number of anilines is 1. The molecule has 0 amide bonds. The first-order chi connectivity index (χ1) is 9.65. The summed E-state index contributed by atoms with van der Waals surface area (Å²) in [6.45, 7) is 5.85. The van der Waals surface area contributed by atoms with E-state index in [4.69, 9.17) is 10.5 Å². The molecular weight excluding hydrogens is 254 g/mol. The second-order valence-electron chi connectivity index (χ2n) is 5.14. The van der Waals surface area contributed by atoms with Crippen molar-refractivity contribution in [2.24, 2.45) is 5.73 Å². The Morgan fingerprint density at radius 1 is 1.35 bits per heavy atom. The van der Waals surface area contributed by atoms with Crippen LogP contribution in [0.2, 0.25) is 0 Å². The van der Waals surface area contributed by atoms with Crippen molar-refractivity contribution in [3.8, 4) is 0 Å². The fraction of sp³-hybridized carbons (Fsp3) is 0.533. The molecule has 110 valence electrons. The fourth-order valence-electron chi connectivity index (χ4n) is 2.65. The van der Waals surface area contributed by atoms with E-state index in [1.807, 2.05) is 0 Å². The predicted octanol–water partition coefficient (Wildman–Crippen LogP) is 0.617. The number of nitrogens with two attached hydrogens (primary N) is 1. The third-order valence-electron chi connectivity index (χ3n) is 3.82. The Morgan fingerprint density at radius 3 is 2.60 bits per heavy atom. The molecule has 0 aromatic heterocycles. The maximum atomic E-state index is 11.7. The molecule has 1 atom stereocenters. The molecule has 1 heterocycles. The number of methoxy groups -OCH3 is 1. The van der Waals surface area contributed by atoms with Gasteiger partial charge in [-0.05, 0) is 24.6 Å². The monoisotopic (exact) mass is 277 g/mol. The predicted molar refractivity (Wildman–Crippen MR) is 79.8 cm³/mol. The molecule has 2 rings (SSSR count). The molecule has 2 N–H and O–H groups in total. The average molecular weight is 277 g/mol. The molecule has 1 aromatic carbocycles. The molecule has 0 spiro atoms. The SMILES string of the molecule is COC(=O)C(CN)N1CCN(c2cccc(C)c2)CC1. The first-order valence-electron chi connectivity index (χ1n) is 6.99. The van der Waals surface area contributed by atoms with E-state index in [9.17, 15) is 4.79 Å². The maximum Gasteiger partial charge on any atom is 0.324 e. The second-order valence-corrected chi connectivity index (χ2v) is 5.14. The molecule has 20 heavy (non-hydrogen) atoms. The average Bonchev–Trinajstić information content (AvgIpc) is 2.48. The van der Waals surface area contributed by atoms with E-state index < -0.39 is 0 Å². The highest BCUT2D eigenvalue weighted by atomic mass is 16.5. The highest BCUT2D eigenvalue weighted by molar-refractivity contribution is 5.76. The Morgan fingerprint density at radius 2 is 2.05 bits per heavy atom. The lowest BCUT2D eigenvalue weighted by molar-refractivity contribution is -0.146. The summed E-state index contributed by atoms with van der Waals surface area (Å²) < 4.78 is 4.81. The minimum atomic E-state index is -0.320. The van der Waals surface area contributed by atoms with Gasteiger partial charge >= 0.3 is 5.97 Å². The summed E-state index contributed by atoms with van der Waals surface area (Å²) >= 11 is 0. The summed E-state index contributed by atoms with van der Waals surface area (Å²) in [5.74, 6) is -0.239. The Kier molecular flexibility index (Phi) is 4.98. The van der Waals surface area contributed by atoms with E-state index in [-0.39, 0.29) is 12.0 Å². The van der Waals surface area contributed by atoms with Gasteiger partial charge in [0.25, 0.3) is 0 Å². The third-order valence-corrected chi connectivity index (χ3v) is 3.82. The Balaban J connectivity index is 1.96. The number of carbonyl (C=O) groups is 1. The number of aryl methyl sites for hydroxylation is 1. The highest BCUT2D eigenvalue weighted by Gasteiger charge is 2.28. The van der Waals surface area contributed by atoms with Crippen LogP contribution >= 0.6 is 0 Å². The number of ether oxygens (including phenoxy) is 1. The topological polar surface area (TPSA) is 58.8 Å². The van der Waals surface area contributed by atoms with E-state index in [1.165, 1.54) is 18.4 Å². The molecule has 1 fully saturated rings. The summed E-state index contributed by atoms with van der Waals surface area (Å²) in [6.07, 6.45) is 0. The van der Waals surface area contributed by atoms with Crippen LogP contribution in [-0.2, 0) is 9.53 Å². The number of carbonyl (C=O) groups excluding carboxylic acids is 1. The van der Waals surface area contributed by atoms with Crippen LogP contribution in [0, 0.1) is 6.92 Å². The zero-order chi connectivity index (χ0) is 14.5. The van der Waals surface area contributed by atoms with Crippen molar-refractivity contribution < 1.29 is 9.53 Å². The normalized spacial score (nSPS) is 17.9. The van der Waals surface area contributed by atoms with Crippen LogP contribution in [0.3, 0.4) is 0 Å². The number of nitrogens with zero attached hydrogens (tertiary/aromatic N) is 2. The van der Waals surface area contributed by atoms with Crippen LogP contribution < -0.4 is 10.6 Å². The Bertz CT molecular complexity index is 456. The lowest BCUT2D eigenvalue weighted by atomic mass is 10.1. The van der Waals surface area contributed by atoms with Crippen LogP contribution in [0.25, 0.3) is 0 Å². The molecular formula is C15H23N3O2. The van der Waals surface area contributed by atoms with Gasteiger partial charge in [0.2, 0.25) is 0 Å². The summed E-state index contributed by atoms with van der Waals surface area (Å²) in [4.78, 5) is 16.1. The van der Waals surface area contributed by atoms with Gasteiger partial charge < -0.3 is 15.4 Å². The number of esters is 1. The maximum absolute atomic E-state index is 11.7. The zero-order valence-electron chi connectivity index (χ0n) is 12.2. The molecule has 0 radical (unpaired) electrons. The third kappa shape index (κ3) is 3.29. The summed E-state index contributed by atoms with van der Waals surface area (Å²) in [6, 6.07) is 8.18. The van der Waals surface area contributed by atoms with Gasteiger partial charge in [0.1, 0.15) is 6.04 Å². The zero-order valence-corrected chi connectivity index (χ0v) is 12.2. The van der Waals surface area contributed by atoms with Crippen molar-refractivity contribution in [3.05, 3.63) is 29.8 Å². The van der Waals surface area contributed by atoms with Crippen LogP contribution in [0.1, 0.15) is 5.56 Å². The smallest absolute Gasteiger partial charge is 0.324 e. The van der Waals surface area contributed by atoms with Gasteiger partial charge in [-0.1, -0.05) is 12.1 Å². The highest BCUT2D eigenvalue weighted by Crippen LogP contribution is 2.18. The van der Waals surface area contributed by atoms with Gasteiger partial charge in [-0.3, -0.25) is 9.69 Å². The number of rotatable bonds is 4. The summed E-state index contributed by atoms with van der Waals surface area (Å²) in [5, 5.41) is 0. The lowest BCUT2D eigenvalue weighted by Crippen LogP contribution is -2.55. The minimum absolute atomic E-state index is 0.239. The van der Waals surface area contributed by atoms with Crippen LogP contribution in [0.5, 0.6) is 0 Å². The van der Waals surface area contributed by atoms with Gasteiger partial charge in [-0.15, -0.1) is 0 Å². The van der Waals surface area contributed by atoms with Crippen molar-refractivity contribution in [3.63, 3.8) is 0 Å². The fourth-order valence-corrected chi connectivity index (χ4v) is 2.65. The van der Waals surface area contributed by atoms with Crippen molar-refractivity contribution in [2.75, 3.05) is 44.7 Å². The van der Waals surface area contributed by atoms with E-state index in [2.05, 4.69) is 41.0 Å². The largest absolute Gasteiger partial charge is 0.468 e.